The Bertz CT molecular complexity index is 492. The molecule has 0 aromatic heterocycles. The van der Waals surface area contributed by atoms with Crippen LogP contribution in [-0.4, -0.2) is 34.6 Å². The fourth-order valence-corrected chi connectivity index (χ4v) is 1.61. The first-order chi connectivity index (χ1) is 9.11. The van der Waals surface area contributed by atoms with Crippen LogP contribution in [0.4, 0.5) is 0 Å². The first-order valence-electron chi connectivity index (χ1n) is 5.60. The molecule has 7 heteroatoms. The van der Waals surface area contributed by atoms with Crippen molar-refractivity contribution in [2.45, 2.75) is 12.8 Å². The van der Waals surface area contributed by atoms with Crippen molar-refractivity contribution in [3.05, 3.63) is 35.4 Å². The minimum absolute atomic E-state index is 0.0281. The molecule has 0 saturated carbocycles. The Hall–Kier alpha value is -2.25. The Morgan fingerprint density at radius 3 is 2.26 bits per heavy atom. The highest BCUT2D eigenvalue weighted by atomic mass is 17.3. The Balaban J connectivity index is 1.88. The molecule has 0 saturated heterocycles. The third-order valence-electron chi connectivity index (χ3n) is 2.50. The summed E-state index contributed by atoms with van der Waals surface area (Å²) in [4.78, 5) is 43.1. The Kier molecular flexibility index (Phi) is 3.88. The summed E-state index contributed by atoms with van der Waals surface area (Å²) in [7, 11) is 0. The second-order valence-electron chi connectivity index (χ2n) is 3.84. The number of carbonyl (C=O) groups is 3. The summed E-state index contributed by atoms with van der Waals surface area (Å²) in [5, 5.41) is 8.93. The fourth-order valence-electron chi connectivity index (χ4n) is 1.61. The van der Waals surface area contributed by atoms with E-state index in [2.05, 4.69) is 9.88 Å². The molecule has 1 aromatic carbocycles. The van der Waals surface area contributed by atoms with Gasteiger partial charge in [0.2, 0.25) is 0 Å². The molecule has 0 bridgehead atoms. The molecule has 0 radical (unpaired) electrons. The van der Waals surface area contributed by atoms with E-state index in [1.54, 1.807) is 12.1 Å². The summed E-state index contributed by atoms with van der Waals surface area (Å²) in [6.07, 6.45) is 0.143. The van der Waals surface area contributed by atoms with Gasteiger partial charge in [0.1, 0.15) is 0 Å². The van der Waals surface area contributed by atoms with Crippen LogP contribution in [0.1, 0.15) is 33.6 Å². The summed E-state index contributed by atoms with van der Waals surface area (Å²) in [5.41, 5.74) is 0.503. The molecule has 7 nitrogen and oxygen atoms in total. The average Bonchev–Trinajstić information content (AvgIpc) is 2.63. The number of amides is 2. The van der Waals surface area contributed by atoms with E-state index in [-0.39, 0.29) is 30.6 Å². The Labute approximate surface area is 108 Å². The van der Waals surface area contributed by atoms with Crippen LogP contribution < -0.4 is 0 Å². The zero-order valence-corrected chi connectivity index (χ0v) is 9.87. The lowest BCUT2D eigenvalue weighted by molar-refractivity contribution is -0.385. The van der Waals surface area contributed by atoms with Gasteiger partial charge in [-0.25, -0.2) is 4.89 Å². The molecule has 1 aromatic rings. The molecule has 0 spiro atoms. The van der Waals surface area contributed by atoms with Gasteiger partial charge in [0, 0.05) is 6.42 Å². The van der Waals surface area contributed by atoms with Crippen LogP contribution >= 0.6 is 0 Å². The number of imide groups is 1. The van der Waals surface area contributed by atoms with E-state index >= 15 is 0 Å². The first kappa shape index (κ1) is 13.2. The molecule has 1 aliphatic heterocycles. The van der Waals surface area contributed by atoms with Crippen molar-refractivity contribution in [2.75, 3.05) is 6.61 Å². The molecular weight excluding hydrogens is 254 g/mol. The van der Waals surface area contributed by atoms with E-state index in [0.717, 1.165) is 0 Å². The summed E-state index contributed by atoms with van der Waals surface area (Å²) in [5.74, 6) is -2.15. The summed E-state index contributed by atoms with van der Waals surface area (Å²) in [6.45, 7) is -0.0281. The normalized spacial score (nSPS) is 13.8. The van der Waals surface area contributed by atoms with Crippen LogP contribution in [0.2, 0.25) is 0 Å². The van der Waals surface area contributed by atoms with Gasteiger partial charge in [-0.05, 0) is 18.6 Å². The topological polar surface area (TPSA) is 93.1 Å². The van der Waals surface area contributed by atoms with E-state index in [9.17, 15) is 14.4 Å². The van der Waals surface area contributed by atoms with Gasteiger partial charge < -0.3 is 5.11 Å². The van der Waals surface area contributed by atoms with Gasteiger partial charge in [-0.1, -0.05) is 12.1 Å². The number of carbonyl (C=O) groups excluding carboxylic acids is 2. The van der Waals surface area contributed by atoms with Gasteiger partial charge in [-0.15, -0.1) is 10.1 Å². The number of benzene rings is 1. The van der Waals surface area contributed by atoms with Gasteiger partial charge in [-0.2, -0.15) is 0 Å². The fraction of sp³-hybridized carbons (Fsp3) is 0.250. The largest absolute Gasteiger partial charge is 0.481 e. The van der Waals surface area contributed by atoms with Crippen molar-refractivity contribution in [1.82, 2.24) is 5.06 Å². The van der Waals surface area contributed by atoms with Crippen molar-refractivity contribution < 1.29 is 29.4 Å². The molecule has 1 aliphatic rings. The number of hydrogen-bond donors (Lipinski definition) is 1. The van der Waals surface area contributed by atoms with Crippen molar-refractivity contribution in [2.24, 2.45) is 0 Å². The number of fused-ring (bicyclic) bond motifs is 1. The first-order valence-corrected chi connectivity index (χ1v) is 5.60. The van der Waals surface area contributed by atoms with Gasteiger partial charge in [0.15, 0.2) is 0 Å². The molecule has 0 atom stereocenters. The van der Waals surface area contributed by atoms with Crippen LogP contribution in [0, 0.1) is 0 Å². The minimum atomic E-state index is -0.954. The third kappa shape index (κ3) is 2.78. The standard InChI is InChI=1S/C12H11NO6/c14-10(15)6-3-7-18-19-13-11(16)8-4-1-2-5-9(8)12(13)17/h1-2,4-5H,3,6-7H2,(H,14,15). The summed E-state index contributed by atoms with van der Waals surface area (Å²) < 4.78 is 0. The second-order valence-corrected chi connectivity index (χ2v) is 3.84. The third-order valence-corrected chi connectivity index (χ3v) is 2.50. The maximum absolute atomic E-state index is 11.8. The molecule has 19 heavy (non-hydrogen) atoms. The molecular formula is C12H11NO6. The van der Waals surface area contributed by atoms with E-state index in [1.165, 1.54) is 12.1 Å². The monoisotopic (exact) mass is 265 g/mol. The SMILES string of the molecule is O=C(O)CCCOON1C(=O)c2ccccc2C1=O. The molecule has 100 valence electrons. The van der Waals surface area contributed by atoms with Gasteiger partial charge >= 0.3 is 5.97 Å². The van der Waals surface area contributed by atoms with Gasteiger partial charge in [0.25, 0.3) is 11.8 Å². The lowest BCUT2D eigenvalue weighted by atomic mass is 10.1. The smallest absolute Gasteiger partial charge is 0.303 e. The molecule has 2 amide bonds. The highest BCUT2D eigenvalue weighted by Gasteiger charge is 2.37. The average molecular weight is 265 g/mol. The number of rotatable bonds is 6. The molecule has 0 fully saturated rings. The van der Waals surface area contributed by atoms with Crippen molar-refractivity contribution >= 4 is 17.8 Å². The minimum Gasteiger partial charge on any atom is -0.481 e. The zero-order chi connectivity index (χ0) is 13.8. The maximum atomic E-state index is 11.8. The molecule has 1 N–H and O–H groups in total. The van der Waals surface area contributed by atoms with Crippen LogP contribution in [-0.2, 0) is 14.7 Å². The molecule has 0 aliphatic carbocycles. The summed E-state index contributed by atoms with van der Waals surface area (Å²) in [6, 6.07) is 6.31. The van der Waals surface area contributed by atoms with Crippen LogP contribution in [0.3, 0.4) is 0 Å². The number of carboxylic acids is 1. The lowest BCUT2D eigenvalue weighted by Gasteiger charge is -2.10. The zero-order valence-electron chi connectivity index (χ0n) is 9.87. The van der Waals surface area contributed by atoms with Crippen molar-refractivity contribution in [3.63, 3.8) is 0 Å². The van der Waals surface area contributed by atoms with Gasteiger partial charge in [-0.3, -0.25) is 14.4 Å². The van der Waals surface area contributed by atoms with Crippen molar-refractivity contribution in [1.29, 1.82) is 0 Å². The Morgan fingerprint density at radius 2 is 1.74 bits per heavy atom. The van der Waals surface area contributed by atoms with Gasteiger partial charge in [0.05, 0.1) is 17.7 Å². The second kappa shape index (κ2) is 5.59. The van der Waals surface area contributed by atoms with E-state index in [1.807, 2.05) is 0 Å². The molecule has 2 rings (SSSR count). The van der Waals surface area contributed by atoms with Crippen molar-refractivity contribution in [3.8, 4) is 0 Å². The summed E-state index contributed by atoms with van der Waals surface area (Å²) >= 11 is 0. The number of nitrogens with zero attached hydrogens (tertiary/aromatic N) is 1. The number of hydrogen-bond acceptors (Lipinski definition) is 5. The number of hydroxylamine groups is 2. The highest BCUT2D eigenvalue weighted by Crippen LogP contribution is 2.22. The lowest BCUT2D eigenvalue weighted by Crippen LogP contribution is -2.30. The van der Waals surface area contributed by atoms with Crippen LogP contribution in [0.25, 0.3) is 0 Å². The number of aliphatic carboxylic acids is 1. The maximum Gasteiger partial charge on any atom is 0.303 e. The van der Waals surface area contributed by atoms with Crippen LogP contribution in [0.15, 0.2) is 24.3 Å². The van der Waals surface area contributed by atoms with E-state index < -0.39 is 17.8 Å². The highest BCUT2D eigenvalue weighted by molar-refractivity contribution is 6.20. The predicted octanol–water partition coefficient (Wildman–Crippen LogP) is 1.01. The Morgan fingerprint density at radius 1 is 1.16 bits per heavy atom. The van der Waals surface area contributed by atoms with E-state index in [0.29, 0.717) is 5.06 Å². The van der Waals surface area contributed by atoms with Crippen LogP contribution in [0.5, 0.6) is 0 Å². The molecule has 0 unspecified atom stereocenters. The number of carboxylic acid groups (broad SMARTS) is 1. The molecule has 1 heterocycles. The van der Waals surface area contributed by atoms with E-state index in [4.69, 9.17) is 5.11 Å². The predicted molar refractivity (Wildman–Crippen MR) is 60.8 cm³/mol. The quantitative estimate of drug-likeness (QED) is 0.357.